The molecular formula is C10H20N2O2. The van der Waals surface area contributed by atoms with Gasteiger partial charge in [0.25, 0.3) is 0 Å². The van der Waals surface area contributed by atoms with Crippen molar-refractivity contribution < 1.29 is 9.90 Å². The zero-order valence-electron chi connectivity index (χ0n) is 8.67. The van der Waals surface area contributed by atoms with Gasteiger partial charge in [-0.2, -0.15) is 0 Å². The van der Waals surface area contributed by atoms with Gasteiger partial charge in [-0.1, -0.05) is 0 Å². The Bertz CT molecular complexity index is 168. The topological polar surface area (TPSA) is 52.6 Å². The maximum atomic E-state index is 11.6. The smallest absolute Gasteiger partial charge is 0.236 e. The summed E-state index contributed by atoms with van der Waals surface area (Å²) in [4.78, 5) is 13.5. The molecule has 1 heterocycles. The van der Waals surface area contributed by atoms with Gasteiger partial charge in [-0.3, -0.25) is 4.79 Å². The third-order valence-electron chi connectivity index (χ3n) is 2.50. The number of nitrogens with one attached hydrogen (secondary N) is 1. The van der Waals surface area contributed by atoms with Crippen LogP contribution in [0.2, 0.25) is 0 Å². The van der Waals surface area contributed by atoms with E-state index in [4.69, 9.17) is 5.11 Å². The first-order valence-electron chi connectivity index (χ1n) is 5.44. The molecule has 0 aromatic carbocycles. The zero-order valence-corrected chi connectivity index (χ0v) is 8.67. The Balaban J connectivity index is 2.07. The van der Waals surface area contributed by atoms with Crippen LogP contribution in [0, 0.1) is 0 Å². The lowest BCUT2D eigenvalue weighted by Gasteiger charge is -2.26. The fraction of sp³-hybridized carbons (Fsp3) is 0.900. The minimum Gasteiger partial charge on any atom is -0.396 e. The molecule has 14 heavy (non-hydrogen) atoms. The summed E-state index contributed by atoms with van der Waals surface area (Å²) >= 11 is 0. The standard InChI is InChI=1S/C10H20N2O2/c13-8-4-5-11-9-10(14)12-6-2-1-3-7-12/h11,13H,1-9H2. The summed E-state index contributed by atoms with van der Waals surface area (Å²) in [7, 11) is 0. The van der Waals surface area contributed by atoms with Crippen LogP contribution in [0.1, 0.15) is 25.7 Å². The van der Waals surface area contributed by atoms with Crippen LogP contribution >= 0.6 is 0 Å². The second kappa shape index (κ2) is 6.79. The van der Waals surface area contributed by atoms with Crippen LogP contribution in [0.3, 0.4) is 0 Å². The number of amides is 1. The van der Waals surface area contributed by atoms with E-state index in [2.05, 4.69) is 5.32 Å². The normalized spacial score (nSPS) is 17.1. The highest BCUT2D eigenvalue weighted by Crippen LogP contribution is 2.07. The first-order valence-corrected chi connectivity index (χ1v) is 5.44. The highest BCUT2D eigenvalue weighted by molar-refractivity contribution is 5.78. The molecule has 1 rings (SSSR count). The van der Waals surface area contributed by atoms with Gasteiger partial charge >= 0.3 is 0 Å². The maximum Gasteiger partial charge on any atom is 0.236 e. The molecule has 4 nitrogen and oxygen atoms in total. The Morgan fingerprint density at radius 2 is 2.00 bits per heavy atom. The molecule has 0 bridgehead atoms. The minimum atomic E-state index is 0.185. The number of carbonyl (C=O) groups excluding carboxylic acids is 1. The van der Waals surface area contributed by atoms with E-state index in [0.717, 1.165) is 32.5 Å². The summed E-state index contributed by atoms with van der Waals surface area (Å²) in [6, 6.07) is 0. The van der Waals surface area contributed by atoms with Crippen LogP contribution in [0.15, 0.2) is 0 Å². The van der Waals surface area contributed by atoms with Gasteiger partial charge in [0.05, 0.1) is 6.54 Å². The Kier molecular flexibility index (Phi) is 5.56. The molecule has 0 atom stereocenters. The van der Waals surface area contributed by atoms with Crippen molar-refractivity contribution in [3.63, 3.8) is 0 Å². The zero-order chi connectivity index (χ0) is 10.2. The van der Waals surface area contributed by atoms with Gasteiger partial charge in [0.2, 0.25) is 5.91 Å². The van der Waals surface area contributed by atoms with Gasteiger partial charge in [-0.25, -0.2) is 0 Å². The number of hydrogen-bond acceptors (Lipinski definition) is 3. The molecular weight excluding hydrogens is 180 g/mol. The third kappa shape index (κ3) is 4.07. The molecule has 1 fully saturated rings. The van der Waals surface area contributed by atoms with E-state index in [1.54, 1.807) is 0 Å². The number of aliphatic hydroxyl groups excluding tert-OH is 1. The number of hydrogen-bond donors (Lipinski definition) is 2. The highest BCUT2D eigenvalue weighted by atomic mass is 16.3. The summed E-state index contributed by atoms with van der Waals surface area (Å²) in [6.45, 7) is 3.15. The number of rotatable bonds is 5. The molecule has 0 unspecified atom stereocenters. The highest BCUT2D eigenvalue weighted by Gasteiger charge is 2.15. The van der Waals surface area contributed by atoms with Crippen molar-refractivity contribution in [1.82, 2.24) is 10.2 Å². The van der Waals surface area contributed by atoms with Gasteiger partial charge < -0.3 is 15.3 Å². The van der Waals surface area contributed by atoms with Crippen molar-refractivity contribution in [2.75, 3.05) is 32.8 Å². The minimum absolute atomic E-state index is 0.185. The average Bonchev–Trinajstić information content (AvgIpc) is 2.25. The fourth-order valence-electron chi connectivity index (χ4n) is 1.65. The number of likely N-dealkylation sites (tertiary alicyclic amines) is 1. The van der Waals surface area contributed by atoms with Crippen LogP contribution < -0.4 is 5.32 Å². The Hall–Kier alpha value is -0.610. The molecule has 1 amide bonds. The number of nitrogens with zero attached hydrogens (tertiary/aromatic N) is 1. The molecule has 0 aromatic heterocycles. The molecule has 82 valence electrons. The molecule has 0 aromatic rings. The molecule has 0 saturated carbocycles. The van der Waals surface area contributed by atoms with Gasteiger partial charge in [0.1, 0.15) is 0 Å². The van der Waals surface area contributed by atoms with E-state index in [1.165, 1.54) is 6.42 Å². The van der Waals surface area contributed by atoms with Crippen molar-refractivity contribution in [2.24, 2.45) is 0 Å². The van der Waals surface area contributed by atoms with Crippen molar-refractivity contribution in [2.45, 2.75) is 25.7 Å². The van der Waals surface area contributed by atoms with Gasteiger partial charge in [-0.05, 0) is 32.2 Å². The van der Waals surface area contributed by atoms with E-state index in [0.29, 0.717) is 13.0 Å². The van der Waals surface area contributed by atoms with Crippen molar-refractivity contribution in [1.29, 1.82) is 0 Å². The quantitative estimate of drug-likeness (QED) is 0.613. The summed E-state index contributed by atoms with van der Waals surface area (Å²) in [5.74, 6) is 0.197. The third-order valence-corrected chi connectivity index (χ3v) is 2.50. The Morgan fingerprint density at radius 1 is 1.29 bits per heavy atom. The lowest BCUT2D eigenvalue weighted by molar-refractivity contribution is -0.131. The summed E-state index contributed by atoms with van der Waals surface area (Å²) in [6.07, 6.45) is 4.25. The van der Waals surface area contributed by atoms with Crippen LogP contribution in [0.25, 0.3) is 0 Å². The van der Waals surface area contributed by atoms with E-state index in [9.17, 15) is 4.79 Å². The van der Waals surface area contributed by atoms with Crippen molar-refractivity contribution in [3.05, 3.63) is 0 Å². The predicted molar refractivity (Wildman–Crippen MR) is 55.0 cm³/mol. The molecule has 1 aliphatic rings. The van der Waals surface area contributed by atoms with Gasteiger partial charge in [-0.15, -0.1) is 0 Å². The largest absolute Gasteiger partial charge is 0.396 e. The number of carbonyl (C=O) groups is 1. The summed E-state index contributed by atoms with van der Waals surface area (Å²) in [5, 5.41) is 11.6. The van der Waals surface area contributed by atoms with Crippen LogP contribution in [0.5, 0.6) is 0 Å². The van der Waals surface area contributed by atoms with Crippen LogP contribution in [-0.4, -0.2) is 48.7 Å². The molecule has 0 radical (unpaired) electrons. The maximum absolute atomic E-state index is 11.6. The van der Waals surface area contributed by atoms with E-state index in [-0.39, 0.29) is 12.5 Å². The van der Waals surface area contributed by atoms with E-state index >= 15 is 0 Å². The first-order chi connectivity index (χ1) is 6.84. The lowest BCUT2D eigenvalue weighted by atomic mass is 10.1. The van der Waals surface area contributed by atoms with Gasteiger partial charge in [0.15, 0.2) is 0 Å². The summed E-state index contributed by atoms with van der Waals surface area (Å²) < 4.78 is 0. The molecule has 1 aliphatic heterocycles. The van der Waals surface area contributed by atoms with Crippen LogP contribution in [0.4, 0.5) is 0 Å². The number of piperidine rings is 1. The second-order valence-electron chi connectivity index (χ2n) is 3.70. The first kappa shape index (κ1) is 11.5. The van der Waals surface area contributed by atoms with Crippen LogP contribution in [-0.2, 0) is 4.79 Å². The molecule has 0 aliphatic carbocycles. The van der Waals surface area contributed by atoms with Gasteiger partial charge in [0, 0.05) is 19.7 Å². The SMILES string of the molecule is O=C(CNCCCO)N1CCCCC1. The molecule has 2 N–H and O–H groups in total. The average molecular weight is 200 g/mol. The Labute approximate surface area is 85.3 Å². The molecule has 1 saturated heterocycles. The number of aliphatic hydroxyl groups is 1. The predicted octanol–water partition coefficient (Wildman–Crippen LogP) is -0.0291. The van der Waals surface area contributed by atoms with Crippen molar-refractivity contribution in [3.8, 4) is 0 Å². The second-order valence-corrected chi connectivity index (χ2v) is 3.70. The Morgan fingerprint density at radius 3 is 2.64 bits per heavy atom. The molecule has 0 spiro atoms. The monoisotopic (exact) mass is 200 g/mol. The van der Waals surface area contributed by atoms with E-state index < -0.39 is 0 Å². The summed E-state index contributed by atoms with van der Waals surface area (Å²) in [5.41, 5.74) is 0. The lowest BCUT2D eigenvalue weighted by Crippen LogP contribution is -2.41. The van der Waals surface area contributed by atoms with Crippen molar-refractivity contribution >= 4 is 5.91 Å². The fourth-order valence-corrected chi connectivity index (χ4v) is 1.65. The van der Waals surface area contributed by atoms with E-state index in [1.807, 2.05) is 4.90 Å². The molecule has 4 heteroatoms.